The molecule has 0 unspecified atom stereocenters. The predicted molar refractivity (Wildman–Crippen MR) is 92.7 cm³/mol. The van der Waals surface area contributed by atoms with Crippen LogP contribution in [0.1, 0.15) is 50.9 Å². The van der Waals surface area contributed by atoms with E-state index < -0.39 is 0 Å². The van der Waals surface area contributed by atoms with Crippen LogP contribution in [0.15, 0.2) is 11.2 Å². The number of aryl methyl sites for hydroxylation is 2. The lowest BCUT2D eigenvalue weighted by Gasteiger charge is -2.13. The number of hydrogen-bond donors (Lipinski definition) is 1. The minimum atomic E-state index is 0.0356. The van der Waals surface area contributed by atoms with E-state index in [0.717, 1.165) is 24.2 Å². The Morgan fingerprint density at radius 3 is 2.87 bits per heavy atom. The first-order chi connectivity index (χ1) is 11.0. The van der Waals surface area contributed by atoms with Crippen molar-refractivity contribution < 1.29 is 4.79 Å². The zero-order valence-corrected chi connectivity index (χ0v) is 15.1. The fraction of sp³-hybridized carbons (Fsp3) is 0.625. The fourth-order valence-electron chi connectivity index (χ4n) is 2.51. The summed E-state index contributed by atoms with van der Waals surface area (Å²) < 4.78 is 1.88. The maximum absolute atomic E-state index is 12.1. The van der Waals surface area contributed by atoms with Gasteiger partial charge in [0, 0.05) is 17.4 Å². The number of rotatable bonds is 8. The number of thioether (sulfide) groups is 1. The molecule has 0 bridgehead atoms. The van der Waals surface area contributed by atoms with E-state index in [2.05, 4.69) is 34.3 Å². The van der Waals surface area contributed by atoms with E-state index in [1.165, 1.54) is 24.6 Å². The Hall–Kier alpha value is -1.63. The number of fused-ring (bicyclic) bond motifs is 1. The van der Waals surface area contributed by atoms with E-state index in [-0.39, 0.29) is 11.9 Å². The highest BCUT2D eigenvalue weighted by Gasteiger charge is 2.13. The second-order valence-electron chi connectivity index (χ2n) is 5.91. The number of amides is 1. The molecule has 0 aromatic carbocycles. The molecule has 0 saturated heterocycles. The van der Waals surface area contributed by atoms with Crippen molar-refractivity contribution in [2.75, 3.05) is 5.75 Å². The molecule has 0 aliphatic rings. The second kappa shape index (κ2) is 8.29. The molecule has 1 N–H and O–H groups in total. The van der Waals surface area contributed by atoms with Crippen LogP contribution in [0.3, 0.4) is 0 Å². The van der Waals surface area contributed by atoms with Crippen LogP contribution in [-0.4, -0.2) is 37.3 Å². The van der Waals surface area contributed by atoms with Crippen molar-refractivity contribution in [3.63, 3.8) is 0 Å². The summed E-state index contributed by atoms with van der Waals surface area (Å²) in [6, 6.07) is 2.20. The minimum Gasteiger partial charge on any atom is -0.353 e. The first kappa shape index (κ1) is 17.7. The van der Waals surface area contributed by atoms with Gasteiger partial charge in [0.15, 0.2) is 5.16 Å². The van der Waals surface area contributed by atoms with Gasteiger partial charge in [0.25, 0.3) is 5.78 Å². The monoisotopic (exact) mass is 335 g/mol. The number of nitrogens with one attached hydrogen (secondary N) is 1. The summed E-state index contributed by atoms with van der Waals surface area (Å²) in [6.07, 6.45) is 4.60. The molecule has 23 heavy (non-hydrogen) atoms. The van der Waals surface area contributed by atoms with Crippen molar-refractivity contribution in [3.05, 3.63) is 17.5 Å². The Kier molecular flexibility index (Phi) is 6.38. The van der Waals surface area contributed by atoms with E-state index in [4.69, 9.17) is 0 Å². The Bertz CT molecular complexity index is 670. The highest BCUT2D eigenvalue weighted by Crippen LogP contribution is 2.18. The molecule has 0 aliphatic carbocycles. The van der Waals surface area contributed by atoms with Crippen LogP contribution in [0, 0.1) is 13.8 Å². The van der Waals surface area contributed by atoms with Gasteiger partial charge in [-0.05, 0) is 33.3 Å². The summed E-state index contributed by atoms with van der Waals surface area (Å²) in [5, 5.41) is 12.0. The van der Waals surface area contributed by atoms with Gasteiger partial charge in [-0.25, -0.2) is 4.98 Å². The Balaban J connectivity index is 1.90. The van der Waals surface area contributed by atoms with Gasteiger partial charge in [0.1, 0.15) is 0 Å². The van der Waals surface area contributed by atoms with Crippen LogP contribution >= 0.6 is 11.8 Å². The average molecular weight is 335 g/mol. The number of aromatic nitrogens is 4. The third-order valence-electron chi connectivity index (χ3n) is 3.64. The lowest BCUT2D eigenvalue weighted by molar-refractivity contribution is -0.119. The SMILES string of the molecule is CCCCC[C@@H](C)NC(=O)CSc1nnc2nc(C)cc(C)n12. The predicted octanol–water partition coefficient (Wildman–Crippen LogP) is 2.92. The summed E-state index contributed by atoms with van der Waals surface area (Å²) in [5.74, 6) is 0.957. The average Bonchev–Trinajstić information content (AvgIpc) is 2.88. The molecule has 7 heteroatoms. The fourth-order valence-corrected chi connectivity index (χ4v) is 3.31. The van der Waals surface area contributed by atoms with Gasteiger partial charge >= 0.3 is 0 Å². The molecular formula is C16H25N5OS. The zero-order chi connectivity index (χ0) is 16.8. The van der Waals surface area contributed by atoms with Crippen molar-refractivity contribution >= 4 is 23.4 Å². The first-order valence-electron chi connectivity index (χ1n) is 8.12. The molecule has 2 heterocycles. The molecule has 126 valence electrons. The van der Waals surface area contributed by atoms with Crippen LogP contribution in [0.5, 0.6) is 0 Å². The van der Waals surface area contributed by atoms with E-state index in [9.17, 15) is 4.79 Å². The molecule has 0 radical (unpaired) electrons. The first-order valence-corrected chi connectivity index (χ1v) is 9.11. The topological polar surface area (TPSA) is 72.2 Å². The van der Waals surface area contributed by atoms with Gasteiger partial charge in [-0.2, -0.15) is 0 Å². The van der Waals surface area contributed by atoms with Crippen molar-refractivity contribution in [2.45, 2.75) is 64.6 Å². The van der Waals surface area contributed by atoms with E-state index >= 15 is 0 Å². The summed E-state index contributed by atoms with van der Waals surface area (Å²) in [5.41, 5.74) is 1.94. The number of hydrogen-bond acceptors (Lipinski definition) is 5. The molecule has 2 aromatic heterocycles. The highest BCUT2D eigenvalue weighted by atomic mass is 32.2. The molecule has 0 fully saturated rings. The summed E-state index contributed by atoms with van der Waals surface area (Å²) in [7, 11) is 0. The van der Waals surface area contributed by atoms with Crippen molar-refractivity contribution in [3.8, 4) is 0 Å². The summed E-state index contributed by atoms with van der Waals surface area (Å²) in [4.78, 5) is 16.4. The smallest absolute Gasteiger partial charge is 0.256 e. The van der Waals surface area contributed by atoms with Crippen LogP contribution in [0.4, 0.5) is 0 Å². The van der Waals surface area contributed by atoms with Crippen molar-refractivity contribution in [1.82, 2.24) is 24.9 Å². The largest absolute Gasteiger partial charge is 0.353 e. The highest BCUT2D eigenvalue weighted by molar-refractivity contribution is 7.99. The van der Waals surface area contributed by atoms with Crippen LogP contribution < -0.4 is 5.32 Å². The molecule has 0 spiro atoms. The maximum atomic E-state index is 12.1. The second-order valence-corrected chi connectivity index (χ2v) is 6.85. The number of nitrogens with zero attached hydrogens (tertiary/aromatic N) is 4. The van der Waals surface area contributed by atoms with Crippen LogP contribution in [0.25, 0.3) is 5.78 Å². The molecule has 0 saturated carbocycles. The van der Waals surface area contributed by atoms with Gasteiger partial charge in [-0.3, -0.25) is 9.20 Å². The van der Waals surface area contributed by atoms with E-state index in [1.807, 2.05) is 24.3 Å². The van der Waals surface area contributed by atoms with Gasteiger partial charge in [0.05, 0.1) is 5.75 Å². The van der Waals surface area contributed by atoms with Crippen molar-refractivity contribution in [2.24, 2.45) is 0 Å². The van der Waals surface area contributed by atoms with Crippen LogP contribution in [0.2, 0.25) is 0 Å². The van der Waals surface area contributed by atoms with E-state index in [1.54, 1.807) is 0 Å². The summed E-state index contributed by atoms with van der Waals surface area (Å²) in [6.45, 7) is 8.16. The number of carbonyl (C=O) groups is 1. The Morgan fingerprint density at radius 2 is 2.13 bits per heavy atom. The van der Waals surface area contributed by atoms with E-state index in [0.29, 0.717) is 16.7 Å². The van der Waals surface area contributed by atoms with Crippen LogP contribution in [-0.2, 0) is 4.79 Å². The molecule has 1 atom stereocenters. The third kappa shape index (κ3) is 4.92. The summed E-state index contributed by atoms with van der Waals surface area (Å²) >= 11 is 1.39. The lowest BCUT2D eigenvalue weighted by Crippen LogP contribution is -2.33. The Labute approximate surface area is 141 Å². The molecule has 2 rings (SSSR count). The molecule has 6 nitrogen and oxygen atoms in total. The lowest BCUT2D eigenvalue weighted by atomic mass is 10.1. The minimum absolute atomic E-state index is 0.0356. The molecule has 0 aliphatic heterocycles. The normalized spacial score (nSPS) is 12.5. The number of unbranched alkanes of at least 4 members (excludes halogenated alkanes) is 2. The van der Waals surface area contributed by atoms with Gasteiger partial charge in [-0.1, -0.05) is 37.9 Å². The standard InChI is InChI=1S/C16H25N5OS/c1-5-6-7-8-11(2)17-14(22)10-23-16-20-19-15-18-12(3)9-13(4)21(15)16/h9,11H,5-8,10H2,1-4H3,(H,17,22)/t11-/m1/s1. The number of carbonyl (C=O) groups excluding carboxylic acids is 1. The van der Waals surface area contributed by atoms with Crippen molar-refractivity contribution in [1.29, 1.82) is 0 Å². The third-order valence-corrected chi connectivity index (χ3v) is 4.57. The van der Waals surface area contributed by atoms with Gasteiger partial charge in [-0.15, -0.1) is 10.2 Å². The maximum Gasteiger partial charge on any atom is 0.256 e. The molecule has 1 amide bonds. The molecular weight excluding hydrogens is 310 g/mol. The van der Waals surface area contributed by atoms with Gasteiger partial charge < -0.3 is 5.32 Å². The molecule has 2 aromatic rings. The zero-order valence-electron chi connectivity index (χ0n) is 14.3. The Morgan fingerprint density at radius 1 is 1.35 bits per heavy atom. The van der Waals surface area contributed by atoms with Gasteiger partial charge in [0.2, 0.25) is 5.91 Å². The quantitative estimate of drug-likeness (QED) is 0.593.